The van der Waals surface area contributed by atoms with Gasteiger partial charge in [-0.05, 0) is 56.3 Å². The molecule has 1 aliphatic carbocycles. The van der Waals surface area contributed by atoms with Crippen LogP contribution < -0.4 is 10.6 Å². The smallest absolute Gasteiger partial charge is 0.292 e. The molecular formula is C15H19N3O3. The molecule has 0 bridgehead atoms. The Bertz CT molecular complexity index is 594. The van der Waals surface area contributed by atoms with E-state index >= 15 is 0 Å². The summed E-state index contributed by atoms with van der Waals surface area (Å²) in [5, 5.41) is 17.1. The molecule has 1 unspecified atom stereocenters. The second kappa shape index (κ2) is 5.11. The topological polar surface area (TPSA) is 84.3 Å². The number of hydrogen-bond donors (Lipinski definition) is 2. The lowest BCUT2D eigenvalue weighted by molar-refractivity contribution is -0.383. The first-order chi connectivity index (χ1) is 10.0. The van der Waals surface area contributed by atoms with Crippen LogP contribution in [0.2, 0.25) is 0 Å². The molecule has 6 nitrogen and oxygen atoms in total. The van der Waals surface area contributed by atoms with E-state index in [1.54, 1.807) is 12.1 Å². The zero-order valence-electron chi connectivity index (χ0n) is 12.0. The van der Waals surface area contributed by atoms with Gasteiger partial charge in [-0.1, -0.05) is 6.07 Å². The van der Waals surface area contributed by atoms with Crippen LogP contribution in [-0.4, -0.2) is 23.9 Å². The van der Waals surface area contributed by atoms with Crippen LogP contribution in [0, 0.1) is 28.4 Å². The quantitative estimate of drug-likeness (QED) is 0.660. The van der Waals surface area contributed by atoms with Crippen molar-refractivity contribution in [1.82, 2.24) is 5.32 Å². The molecule has 1 saturated carbocycles. The van der Waals surface area contributed by atoms with Gasteiger partial charge in [-0.15, -0.1) is 0 Å². The summed E-state index contributed by atoms with van der Waals surface area (Å²) < 4.78 is 0. The summed E-state index contributed by atoms with van der Waals surface area (Å²) in [5.41, 5.74) is 1.28. The van der Waals surface area contributed by atoms with Gasteiger partial charge >= 0.3 is 0 Å². The highest BCUT2D eigenvalue weighted by Crippen LogP contribution is 2.58. The zero-order valence-corrected chi connectivity index (χ0v) is 12.0. The lowest BCUT2D eigenvalue weighted by Crippen LogP contribution is -2.31. The summed E-state index contributed by atoms with van der Waals surface area (Å²) in [4.78, 5) is 23.0. The number of amides is 1. The van der Waals surface area contributed by atoms with Crippen molar-refractivity contribution < 1.29 is 9.72 Å². The number of benzene rings is 1. The van der Waals surface area contributed by atoms with Crippen molar-refractivity contribution in [2.75, 3.05) is 18.4 Å². The van der Waals surface area contributed by atoms with Gasteiger partial charge in [0.1, 0.15) is 5.69 Å². The van der Waals surface area contributed by atoms with Crippen molar-refractivity contribution >= 4 is 17.3 Å². The second-order valence-corrected chi connectivity index (χ2v) is 6.14. The van der Waals surface area contributed by atoms with E-state index < -0.39 is 4.92 Å². The van der Waals surface area contributed by atoms with E-state index in [1.165, 1.54) is 6.07 Å². The summed E-state index contributed by atoms with van der Waals surface area (Å²) in [6.45, 7) is 3.76. The number of rotatable bonds is 3. The normalized spacial score (nSPS) is 22.8. The minimum absolute atomic E-state index is 0.000263. The Morgan fingerprint density at radius 3 is 2.81 bits per heavy atom. The van der Waals surface area contributed by atoms with Crippen molar-refractivity contribution in [3.8, 4) is 0 Å². The van der Waals surface area contributed by atoms with Crippen molar-refractivity contribution in [2.45, 2.75) is 26.2 Å². The molecule has 0 radical (unpaired) electrons. The maximum Gasteiger partial charge on any atom is 0.292 e. The molecule has 1 heterocycles. The SMILES string of the molecule is Cc1ccc([N+](=O)[O-])c(NC(=O)C2CC23CCNCC3)c1. The molecule has 1 saturated heterocycles. The summed E-state index contributed by atoms with van der Waals surface area (Å²) in [6, 6.07) is 4.78. The third-order valence-electron chi connectivity index (χ3n) is 4.71. The summed E-state index contributed by atoms with van der Waals surface area (Å²) in [5.74, 6) is -0.0784. The number of anilines is 1. The first-order valence-electron chi connectivity index (χ1n) is 7.28. The number of nitrogens with zero attached hydrogens (tertiary/aromatic N) is 1. The molecule has 1 aromatic carbocycles. The fourth-order valence-electron chi connectivity index (χ4n) is 3.32. The van der Waals surface area contributed by atoms with Crippen LogP contribution >= 0.6 is 0 Å². The molecule has 3 rings (SSSR count). The van der Waals surface area contributed by atoms with Crippen LogP contribution in [0.25, 0.3) is 0 Å². The molecule has 1 aromatic rings. The monoisotopic (exact) mass is 289 g/mol. The average Bonchev–Trinajstić information content (AvgIpc) is 3.13. The van der Waals surface area contributed by atoms with Crippen molar-refractivity contribution in [1.29, 1.82) is 0 Å². The lowest BCUT2D eigenvalue weighted by atomic mass is 9.92. The van der Waals surface area contributed by atoms with Gasteiger partial charge in [-0.2, -0.15) is 0 Å². The van der Waals surface area contributed by atoms with E-state index in [2.05, 4.69) is 10.6 Å². The minimum Gasteiger partial charge on any atom is -0.320 e. The molecule has 1 aliphatic heterocycles. The Morgan fingerprint density at radius 1 is 1.43 bits per heavy atom. The van der Waals surface area contributed by atoms with Crippen LogP contribution in [0.15, 0.2) is 18.2 Å². The number of carbonyl (C=O) groups is 1. The lowest BCUT2D eigenvalue weighted by Gasteiger charge is -2.23. The van der Waals surface area contributed by atoms with Crippen molar-refractivity contribution in [2.24, 2.45) is 11.3 Å². The molecule has 2 N–H and O–H groups in total. The van der Waals surface area contributed by atoms with Gasteiger partial charge in [0.15, 0.2) is 0 Å². The number of aryl methyl sites for hydroxylation is 1. The third-order valence-corrected chi connectivity index (χ3v) is 4.71. The predicted molar refractivity (Wildman–Crippen MR) is 79.1 cm³/mol. The molecule has 112 valence electrons. The number of nitrogens with one attached hydrogen (secondary N) is 2. The van der Waals surface area contributed by atoms with Gasteiger partial charge in [0.2, 0.25) is 5.91 Å². The standard InChI is InChI=1S/C15H19N3O3/c1-10-2-3-13(18(20)21)12(8-10)17-14(19)11-9-15(11)4-6-16-7-5-15/h2-3,8,11,16H,4-7,9H2,1H3,(H,17,19). The number of hydrogen-bond acceptors (Lipinski definition) is 4. The van der Waals surface area contributed by atoms with E-state index in [0.717, 1.165) is 37.9 Å². The van der Waals surface area contributed by atoms with E-state index in [-0.39, 0.29) is 22.9 Å². The van der Waals surface area contributed by atoms with Gasteiger partial charge in [0.05, 0.1) is 4.92 Å². The summed E-state index contributed by atoms with van der Waals surface area (Å²) in [7, 11) is 0. The molecule has 1 amide bonds. The maximum absolute atomic E-state index is 12.4. The Labute approximate surface area is 123 Å². The fraction of sp³-hybridized carbons (Fsp3) is 0.533. The highest BCUT2D eigenvalue weighted by molar-refractivity contribution is 5.97. The van der Waals surface area contributed by atoms with Crippen LogP contribution in [-0.2, 0) is 4.79 Å². The highest BCUT2D eigenvalue weighted by atomic mass is 16.6. The van der Waals surface area contributed by atoms with Gasteiger partial charge < -0.3 is 10.6 Å². The van der Waals surface area contributed by atoms with E-state index in [4.69, 9.17) is 0 Å². The predicted octanol–water partition coefficient (Wildman–Crippen LogP) is 2.23. The fourth-order valence-corrected chi connectivity index (χ4v) is 3.32. The molecular weight excluding hydrogens is 270 g/mol. The van der Waals surface area contributed by atoms with Crippen LogP contribution in [0.4, 0.5) is 11.4 Å². The van der Waals surface area contributed by atoms with Crippen molar-refractivity contribution in [3.63, 3.8) is 0 Å². The molecule has 2 aliphatic rings. The molecule has 0 aromatic heterocycles. The van der Waals surface area contributed by atoms with Gasteiger partial charge in [0, 0.05) is 12.0 Å². The Kier molecular flexibility index (Phi) is 3.41. The minimum atomic E-state index is -0.456. The molecule has 1 atom stereocenters. The molecule has 1 spiro atoms. The Balaban J connectivity index is 1.74. The third kappa shape index (κ3) is 2.63. The number of piperidine rings is 1. The van der Waals surface area contributed by atoms with Crippen LogP contribution in [0.5, 0.6) is 0 Å². The number of nitro benzene ring substituents is 1. The van der Waals surface area contributed by atoms with E-state index in [1.807, 2.05) is 6.92 Å². The largest absolute Gasteiger partial charge is 0.320 e. The Morgan fingerprint density at radius 2 is 2.14 bits per heavy atom. The number of carbonyl (C=O) groups excluding carboxylic acids is 1. The van der Waals surface area contributed by atoms with Gasteiger partial charge in [0.25, 0.3) is 5.69 Å². The van der Waals surface area contributed by atoms with E-state index in [0.29, 0.717) is 5.69 Å². The van der Waals surface area contributed by atoms with Gasteiger partial charge in [-0.25, -0.2) is 0 Å². The van der Waals surface area contributed by atoms with E-state index in [9.17, 15) is 14.9 Å². The average molecular weight is 289 g/mol. The first kappa shape index (κ1) is 14.0. The summed E-state index contributed by atoms with van der Waals surface area (Å²) in [6.07, 6.45) is 2.93. The molecule has 21 heavy (non-hydrogen) atoms. The summed E-state index contributed by atoms with van der Waals surface area (Å²) >= 11 is 0. The van der Waals surface area contributed by atoms with Crippen LogP contribution in [0.3, 0.4) is 0 Å². The zero-order chi connectivity index (χ0) is 15.0. The Hall–Kier alpha value is -1.95. The molecule has 2 fully saturated rings. The molecule has 6 heteroatoms. The van der Waals surface area contributed by atoms with Crippen molar-refractivity contribution in [3.05, 3.63) is 33.9 Å². The van der Waals surface area contributed by atoms with Crippen LogP contribution in [0.1, 0.15) is 24.8 Å². The first-order valence-corrected chi connectivity index (χ1v) is 7.28. The highest BCUT2D eigenvalue weighted by Gasteiger charge is 2.57. The number of nitro groups is 1. The van der Waals surface area contributed by atoms with Gasteiger partial charge in [-0.3, -0.25) is 14.9 Å². The maximum atomic E-state index is 12.4. The second-order valence-electron chi connectivity index (χ2n) is 6.14.